The Hall–Kier alpha value is -6.10. The van der Waals surface area contributed by atoms with Crippen LogP contribution in [-0.4, -0.2) is 11.8 Å². The maximum Gasteiger partial charge on any atom is 0.197 e. The molecular formula is C70H70BN2S. The van der Waals surface area contributed by atoms with E-state index in [2.05, 4.69) is 228 Å². The predicted molar refractivity (Wildman–Crippen MR) is 323 cm³/mol. The van der Waals surface area contributed by atoms with Crippen molar-refractivity contribution in [2.24, 2.45) is 0 Å². The molecule has 1 N–H and O–H groups in total. The SMILES string of the molecule is CC1(C)CCC(C)(C)c2cc(Nc3cc4c(cc3-c3cc(-c5ccc6sc7ccccc7c6c5)c5c6cc7ccccc7cc6n6c5c3[B]c3cc5c(cc3-6)C(C)(C)CCC5(C)C)C(C)(C)CCC4(C)C)ccc21. The lowest BCUT2D eigenvalue weighted by Crippen LogP contribution is -2.41. The molecule has 0 fully saturated rings. The van der Waals surface area contributed by atoms with Gasteiger partial charge in [0.05, 0.1) is 5.52 Å². The summed E-state index contributed by atoms with van der Waals surface area (Å²) < 4.78 is 5.37. The first-order valence-corrected chi connectivity index (χ1v) is 28.5. The molecule has 0 spiro atoms. The molecule has 0 unspecified atom stereocenters. The Kier molecular flexibility index (Phi) is 9.59. The van der Waals surface area contributed by atoms with Gasteiger partial charge in [-0.15, -0.1) is 11.3 Å². The van der Waals surface area contributed by atoms with E-state index in [0.717, 1.165) is 12.8 Å². The van der Waals surface area contributed by atoms with Crippen molar-refractivity contribution in [1.29, 1.82) is 0 Å². The van der Waals surface area contributed by atoms with Crippen LogP contribution in [0.5, 0.6) is 0 Å². The number of fused-ring (bicyclic) bond motifs is 12. The van der Waals surface area contributed by atoms with E-state index in [1.54, 1.807) is 0 Å². The standard InChI is InChI=1S/C70H70BN2S/c1-65(2)25-26-66(3,4)51-34-43(22-23-50(51)65)72-57-38-54-52(67(5,6)27-29-69(54,9)10)36-46(57)48-35-45(42-21-24-61-47(32-42)44-19-15-16-20-60(44)74-61)62-49-31-40-17-13-14-18-41(40)33-58(49)73-59-39-55-53(37-56(59)71-63(48)64(62)73)68(7,8)28-30-70(55,11)12/h13-24,31-39,72H,25-30H2,1-12H3. The van der Waals surface area contributed by atoms with Crippen molar-refractivity contribution in [2.45, 2.75) is 154 Å². The number of nitrogens with zero attached hydrogens (tertiary/aromatic N) is 1. The van der Waals surface area contributed by atoms with Crippen molar-refractivity contribution < 1.29 is 0 Å². The first-order chi connectivity index (χ1) is 35.1. The molecule has 4 aliphatic rings. The summed E-state index contributed by atoms with van der Waals surface area (Å²) >= 11 is 1.90. The Labute approximate surface area is 443 Å². The third-order valence-corrected chi connectivity index (χ3v) is 20.7. The molecule has 4 heteroatoms. The van der Waals surface area contributed by atoms with Crippen LogP contribution in [0.1, 0.15) is 155 Å². The fourth-order valence-corrected chi connectivity index (χ4v) is 15.6. The highest BCUT2D eigenvalue weighted by Crippen LogP contribution is 2.53. The number of anilines is 2. The molecule has 2 aromatic heterocycles. The highest BCUT2D eigenvalue weighted by Gasteiger charge is 2.42. The molecule has 369 valence electrons. The summed E-state index contributed by atoms with van der Waals surface area (Å²) in [5, 5.41) is 12.1. The smallest absolute Gasteiger partial charge is 0.197 e. The van der Waals surface area contributed by atoms with Gasteiger partial charge in [-0.05, 0) is 204 Å². The molecule has 1 aliphatic heterocycles. The van der Waals surface area contributed by atoms with Crippen LogP contribution in [0.2, 0.25) is 0 Å². The van der Waals surface area contributed by atoms with Crippen LogP contribution in [-0.2, 0) is 32.5 Å². The molecule has 74 heavy (non-hydrogen) atoms. The molecule has 0 saturated heterocycles. The van der Waals surface area contributed by atoms with Crippen LogP contribution in [0, 0.1) is 0 Å². The van der Waals surface area contributed by atoms with Crippen LogP contribution < -0.4 is 16.2 Å². The number of rotatable bonds is 4. The van der Waals surface area contributed by atoms with Gasteiger partial charge in [0.25, 0.3) is 0 Å². The fourth-order valence-electron chi connectivity index (χ4n) is 14.5. The molecule has 3 heterocycles. The Morgan fingerprint density at radius 1 is 0.446 bits per heavy atom. The van der Waals surface area contributed by atoms with Gasteiger partial charge in [-0.3, -0.25) is 0 Å². The fraction of sp³-hybridized carbons (Fsp3) is 0.343. The maximum atomic E-state index is 4.24. The van der Waals surface area contributed by atoms with Gasteiger partial charge < -0.3 is 9.88 Å². The van der Waals surface area contributed by atoms with Gasteiger partial charge in [-0.2, -0.15) is 0 Å². The summed E-state index contributed by atoms with van der Waals surface area (Å²) in [6, 6.07) is 50.7. The predicted octanol–water partition coefficient (Wildman–Crippen LogP) is 18.4. The molecule has 1 radical (unpaired) electrons. The summed E-state index contributed by atoms with van der Waals surface area (Å²) in [5.41, 5.74) is 23.2. The van der Waals surface area contributed by atoms with Crippen molar-refractivity contribution in [1.82, 2.24) is 4.57 Å². The van der Waals surface area contributed by atoms with E-state index >= 15 is 0 Å². The van der Waals surface area contributed by atoms with Crippen LogP contribution >= 0.6 is 11.3 Å². The Morgan fingerprint density at radius 2 is 1.01 bits per heavy atom. The molecule has 3 aliphatic carbocycles. The molecule has 8 aromatic carbocycles. The first kappa shape index (κ1) is 46.4. The number of thiophene rings is 1. The minimum Gasteiger partial charge on any atom is -0.355 e. The van der Waals surface area contributed by atoms with Crippen molar-refractivity contribution in [3.8, 4) is 27.9 Å². The zero-order chi connectivity index (χ0) is 51.2. The highest BCUT2D eigenvalue weighted by atomic mass is 32.1. The average molecular weight is 982 g/mol. The minimum atomic E-state index is 0.0114. The van der Waals surface area contributed by atoms with Crippen molar-refractivity contribution in [3.63, 3.8) is 0 Å². The summed E-state index contributed by atoms with van der Waals surface area (Å²) in [4.78, 5) is 0. The summed E-state index contributed by atoms with van der Waals surface area (Å²) in [6.45, 7) is 29.6. The molecular weight excluding hydrogens is 912 g/mol. The van der Waals surface area contributed by atoms with Gasteiger partial charge in [0.1, 0.15) is 0 Å². The molecule has 0 saturated carbocycles. The zero-order valence-electron chi connectivity index (χ0n) is 45.8. The van der Waals surface area contributed by atoms with Gasteiger partial charge in [0, 0.05) is 59.1 Å². The van der Waals surface area contributed by atoms with E-state index in [0.29, 0.717) is 0 Å². The van der Waals surface area contributed by atoms with Crippen molar-refractivity contribution in [2.75, 3.05) is 5.32 Å². The lowest BCUT2D eigenvalue weighted by atomic mass is 9.55. The first-order valence-electron chi connectivity index (χ1n) is 27.7. The Morgan fingerprint density at radius 3 is 1.70 bits per heavy atom. The largest absolute Gasteiger partial charge is 0.355 e. The summed E-state index contributed by atoms with van der Waals surface area (Å²) in [6.07, 6.45) is 7.05. The van der Waals surface area contributed by atoms with E-state index in [1.807, 2.05) is 11.3 Å². The van der Waals surface area contributed by atoms with E-state index in [4.69, 9.17) is 0 Å². The molecule has 0 atom stereocenters. The van der Waals surface area contributed by atoms with Crippen molar-refractivity contribution in [3.05, 3.63) is 161 Å². The van der Waals surface area contributed by atoms with Gasteiger partial charge in [0.2, 0.25) is 0 Å². The van der Waals surface area contributed by atoms with Crippen LogP contribution in [0.3, 0.4) is 0 Å². The van der Waals surface area contributed by atoms with E-state index in [1.165, 1.54) is 162 Å². The number of hydrogen-bond acceptors (Lipinski definition) is 2. The van der Waals surface area contributed by atoms with Gasteiger partial charge >= 0.3 is 0 Å². The third-order valence-electron chi connectivity index (χ3n) is 19.6. The monoisotopic (exact) mass is 982 g/mol. The quantitative estimate of drug-likeness (QED) is 0.174. The number of benzene rings is 8. The second-order valence-corrected chi connectivity index (χ2v) is 28.3. The zero-order valence-corrected chi connectivity index (χ0v) is 46.6. The Bertz CT molecular complexity index is 4090. The number of aromatic nitrogens is 1. The lowest BCUT2D eigenvalue weighted by Gasteiger charge is -2.43. The highest BCUT2D eigenvalue weighted by molar-refractivity contribution is 7.25. The van der Waals surface area contributed by atoms with E-state index in [-0.39, 0.29) is 32.5 Å². The van der Waals surface area contributed by atoms with E-state index in [9.17, 15) is 0 Å². The second-order valence-electron chi connectivity index (χ2n) is 27.2. The minimum absolute atomic E-state index is 0.0114. The van der Waals surface area contributed by atoms with Gasteiger partial charge in [-0.25, -0.2) is 0 Å². The van der Waals surface area contributed by atoms with Gasteiger partial charge in [-0.1, -0.05) is 149 Å². The van der Waals surface area contributed by atoms with Gasteiger partial charge in [0.15, 0.2) is 7.28 Å². The van der Waals surface area contributed by atoms with Crippen molar-refractivity contribution >= 4 is 93.7 Å². The molecule has 0 bridgehead atoms. The number of nitrogens with one attached hydrogen (secondary N) is 1. The lowest BCUT2D eigenvalue weighted by molar-refractivity contribution is 0.332. The van der Waals surface area contributed by atoms with E-state index < -0.39 is 0 Å². The number of hydrogen-bond donors (Lipinski definition) is 1. The maximum absolute atomic E-state index is 4.24. The Balaban J connectivity index is 1.13. The van der Waals surface area contributed by atoms with Crippen LogP contribution in [0.4, 0.5) is 11.4 Å². The summed E-state index contributed by atoms with van der Waals surface area (Å²) in [7, 11) is 2.60. The molecule has 2 nitrogen and oxygen atoms in total. The summed E-state index contributed by atoms with van der Waals surface area (Å²) in [5.74, 6) is 0. The van der Waals surface area contributed by atoms with Crippen LogP contribution in [0.15, 0.2) is 127 Å². The molecule has 14 rings (SSSR count). The third kappa shape index (κ3) is 6.74. The normalized spacial score (nSPS) is 19.2. The average Bonchev–Trinajstić information content (AvgIpc) is 3.99. The molecule has 10 aromatic rings. The van der Waals surface area contributed by atoms with Crippen LogP contribution in [0.25, 0.3) is 80.7 Å². The topological polar surface area (TPSA) is 17.0 Å². The second kappa shape index (κ2) is 15.3. The molecule has 0 amide bonds.